The van der Waals surface area contributed by atoms with Crippen LogP contribution in [0.3, 0.4) is 0 Å². The van der Waals surface area contributed by atoms with Crippen LogP contribution in [-0.4, -0.2) is 4.98 Å². The Balaban J connectivity index is 1.34. The number of allylic oxidation sites excluding steroid dienone is 3. The van der Waals surface area contributed by atoms with Gasteiger partial charge >= 0.3 is 0 Å². The summed E-state index contributed by atoms with van der Waals surface area (Å²) in [5, 5.41) is 10.7. The predicted molar refractivity (Wildman–Crippen MR) is 191 cm³/mol. The fourth-order valence-corrected chi connectivity index (χ4v) is 7.08. The molecule has 8 aromatic rings. The van der Waals surface area contributed by atoms with Gasteiger partial charge in [0.2, 0.25) is 0 Å². The van der Waals surface area contributed by atoms with Crippen LogP contribution in [0.4, 0.5) is 0 Å². The molecule has 0 atom stereocenters. The molecule has 0 spiro atoms. The van der Waals surface area contributed by atoms with Gasteiger partial charge in [0.05, 0.1) is 11.2 Å². The van der Waals surface area contributed by atoms with Crippen LogP contribution in [0.5, 0.6) is 0 Å². The number of pyridine rings is 1. The Morgan fingerprint density at radius 2 is 1.04 bits per heavy atom. The second-order valence-electron chi connectivity index (χ2n) is 11.6. The number of hydrogen-bond donors (Lipinski definition) is 0. The average Bonchev–Trinajstić information content (AvgIpc) is 3.36. The van der Waals surface area contributed by atoms with Gasteiger partial charge < -0.3 is 0 Å². The fourth-order valence-electron chi connectivity index (χ4n) is 7.08. The molecule has 1 nitrogen and oxygen atoms in total. The van der Waals surface area contributed by atoms with Crippen molar-refractivity contribution in [3.63, 3.8) is 0 Å². The third-order valence-electron chi connectivity index (χ3n) is 9.07. The molecule has 1 heteroatoms. The minimum Gasteiger partial charge on any atom is -0.246 e. The van der Waals surface area contributed by atoms with Crippen LogP contribution in [0, 0.1) is 0 Å². The molecule has 0 N–H and O–H groups in total. The SMILES string of the molecule is C1=CC=CC=c2ccc3ccc(-c4cccc5c(-c6c7ccccc7c(-c7ccccc7)c7ccccc67)cccc45)nc3c2=1. The first-order valence-electron chi connectivity index (χ1n) is 15.4. The molecule has 0 amide bonds. The number of benzene rings is 7. The van der Waals surface area contributed by atoms with Crippen molar-refractivity contribution >= 4 is 55.0 Å². The molecule has 9 rings (SSSR count). The summed E-state index contributed by atoms with van der Waals surface area (Å²) in [5.74, 6) is 0. The van der Waals surface area contributed by atoms with Crippen molar-refractivity contribution < 1.29 is 0 Å². The number of fused-ring (bicyclic) bond motifs is 6. The standard InChI is InChI=1S/C44H27N/c1-4-14-30(15-5-1)42-37-17-7-9-19-39(37)43(40-20-10-8-18-38(40)42)36-24-12-21-33-34(36)22-11-23-35(33)41-28-27-31-26-25-29-13-3-2-6-16-32(29)44(31)45-41/h1-15,17-28H. The summed E-state index contributed by atoms with van der Waals surface area (Å²) in [6, 6.07) is 50.5. The molecule has 0 unspecified atom stereocenters. The minimum absolute atomic E-state index is 0.965. The Bertz CT molecular complexity index is 2620. The summed E-state index contributed by atoms with van der Waals surface area (Å²) in [4.78, 5) is 5.27. The Kier molecular flexibility index (Phi) is 5.84. The van der Waals surface area contributed by atoms with E-state index in [0.29, 0.717) is 0 Å². The molecule has 0 saturated heterocycles. The van der Waals surface area contributed by atoms with E-state index in [-0.39, 0.29) is 0 Å². The fraction of sp³-hybridized carbons (Fsp3) is 0. The zero-order valence-electron chi connectivity index (χ0n) is 24.5. The Hall–Kier alpha value is -6.01. The van der Waals surface area contributed by atoms with Crippen molar-refractivity contribution in [1.82, 2.24) is 4.98 Å². The van der Waals surface area contributed by atoms with Crippen LogP contribution >= 0.6 is 0 Å². The Morgan fingerprint density at radius 1 is 0.444 bits per heavy atom. The quantitative estimate of drug-likeness (QED) is 0.193. The highest BCUT2D eigenvalue weighted by Gasteiger charge is 2.18. The van der Waals surface area contributed by atoms with Crippen LogP contribution in [0.1, 0.15) is 0 Å². The van der Waals surface area contributed by atoms with Gasteiger partial charge in [0.1, 0.15) is 0 Å². The summed E-state index contributed by atoms with van der Waals surface area (Å²) in [6.45, 7) is 0. The van der Waals surface area contributed by atoms with Crippen molar-refractivity contribution in [2.24, 2.45) is 0 Å². The van der Waals surface area contributed by atoms with Gasteiger partial charge in [0.25, 0.3) is 0 Å². The summed E-state index contributed by atoms with van der Waals surface area (Å²) in [7, 11) is 0. The van der Waals surface area contributed by atoms with Gasteiger partial charge in [-0.15, -0.1) is 5.73 Å². The molecule has 1 aliphatic rings. The molecule has 0 fully saturated rings. The summed E-state index contributed by atoms with van der Waals surface area (Å²) in [6.07, 6.45) is 8.17. The summed E-state index contributed by atoms with van der Waals surface area (Å²) < 4.78 is 0. The van der Waals surface area contributed by atoms with Gasteiger partial charge in [-0.25, -0.2) is 4.98 Å². The zero-order chi connectivity index (χ0) is 29.7. The normalized spacial score (nSPS) is 12.3. The first kappa shape index (κ1) is 25.5. The van der Waals surface area contributed by atoms with Crippen molar-refractivity contribution in [3.8, 4) is 33.5 Å². The largest absolute Gasteiger partial charge is 0.246 e. The lowest BCUT2D eigenvalue weighted by Crippen LogP contribution is -2.24. The van der Waals surface area contributed by atoms with Gasteiger partial charge in [-0.05, 0) is 71.9 Å². The molecule has 0 bridgehead atoms. The molecular formula is C44H27N. The van der Waals surface area contributed by atoms with E-state index in [1.54, 1.807) is 0 Å². The van der Waals surface area contributed by atoms with Gasteiger partial charge in [0, 0.05) is 16.2 Å². The molecular weight excluding hydrogens is 542 g/mol. The highest BCUT2D eigenvalue weighted by Crippen LogP contribution is 2.45. The summed E-state index contributed by atoms with van der Waals surface area (Å²) >= 11 is 0. The molecule has 45 heavy (non-hydrogen) atoms. The predicted octanol–water partition coefficient (Wildman–Crippen LogP) is 9.98. The van der Waals surface area contributed by atoms with Gasteiger partial charge in [-0.3, -0.25) is 0 Å². The van der Waals surface area contributed by atoms with Gasteiger partial charge in [0.15, 0.2) is 0 Å². The molecule has 0 aliphatic heterocycles. The van der Waals surface area contributed by atoms with Crippen LogP contribution in [0.2, 0.25) is 0 Å². The van der Waals surface area contributed by atoms with E-state index >= 15 is 0 Å². The topological polar surface area (TPSA) is 12.9 Å². The molecule has 1 heterocycles. The molecule has 208 valence electrons. The number of rotatable bonds is 3. The smallest absolute Gasteiger partial charge is 0.0865 e. The lowest BCUT2D eigenvalue weighted by atomic mass is 9.84. The number of hydrogen-bond acceptors (Lipinski definition) is 1. The lowest BCUT2D eigenvalue weighted by Gasteiger charge is -2.19. The Labute approximate surface area is 261 Å². The lowest BCUT2D eigenvalue weighted by molar-refractivity contribution is 1.38. The van der Waals surface area contributed by atoms with Crippen molar-refractivity contribution in [2.75, 3.05) is 0 Å². The van der Waals surface area contributed by atoms with Crippen LogP contribution in [0.25, 0.3) is 88.5 Å². The van der Waals surface area contributed by atoms with E-state index in [4.69, 9.17) is 4.98 Å². The van der Waals surface area contributed by atoms with Crippen molar-refractivity contribution in [3.05, 3.63) is 168 Å². The maximum Gasteiger partial charge on any atom is 0.0865 e. The van der Waals surface area contributed by atoms with E-state index in [1.807, 2.05) is 12.2 Å². The highest BCUT2D eigenvalue weighted by molar-refractivity contribution is 6.24. The number of nitrogens with zero attached hydrogens (tertiary/aromatic N) is 1. The van der Waals surface area contributed by atoms with E-state index in [9.17, 15) is 0 Å². The van der Waals surface area contributed by atoms with Crippen LogP contribution in [-0.2, 0) is 0 Å². The molecule has 1 aromatic heterocycles. The molecule has 0 saturated carbocycles. The van der Waals surface area contributed by atoms with Crippen LogP contribution < -0.4 is 10.4 Å². The van der Waals surface area contributed by atoms with E-state index in [0.717, 1.165) is 32.6 Å². The van der Waals surface area contributed by atoms with Crippen molar-refractivity contribution in [2.45, 2.75) is 0 Å². The maximum absolute atomic E-state index is 5.27. The third-order valence-corrected chi connectivity index (χ3v) is 9.07. The van der Waals surface area contributed by atoms with Gasteiger partial charge in [-0.2, -0.15) is 0 Å². The maximum atomic E-state index is 5.27. The molecule has 7 aromatic carbocycles. The second-order valence-corrected chi connectivity index (χ2v) is 11.6. The molecule has 0 radical (unpaired) electrons. The number of aromatic nitrogens is 1. The molecule has 1 aliphatic carbocycles. The minimum atomic E-state index is 0.965. The highest BCUT2D eigenvalue weighted by atomic mass is 14.7. The van der Waals surface area contributed by atoms with E-state index in [1.165, 1.54) is 54.6 Å². The van der Waals surface area contributed by atoms with E-state index in [2.05, 4.69) is 157 Å². The van der Waals surface area contributed by atoms with E-state index < -0.39 is 0 Å². The van der Waals surface area contributed by atoms with Crippen LogP contribution in [0.15, 0.2) is 158 Å². The summed E-state index contributed by atoms with van der Waals surface area (Å²) in [5.41, 5.74) is 11.5. The zero-order valence-corrected chi connectivity index (χ0v) is 24.5. The first-order chi connectivity index (χ1) is 22.3. The second kappa shape index (κ2) is 10.3. The van der Waals surface area contributed by atoms with Crippen molar-refractivity contribution in [1.29, 1.82) is 0 Å². The Morgan fingerprint density at radius 3 is 1.78 bits per heavy atom. The monoisotopic (exact) mass is 569 g/mol. The van der Waals surface area contributed by atoms with Gasteiger partial charge in [-0.1, -0.05) is 152 Å². The third kappa shape index (κ3) is 4.07. The first-order valence-corrected chi connectivity index (χ1v) is 15.4. The average molecular weight is 570 g/mol.